The molecule has 1 heterocycles. The molecule has 0 saturated heterocycles. The van der Waals surface area contributed by atoms with Gasteiger partial charge in [-0.25, -0.2) is 14.6 Å². The monoisotopic (exact) mass is 417 g/mol. The first-order chi connectivity index (χ1) is 14.9. The number of hydrogen-bond donors (Lipinski definition) is 2. The zero-order valence-corrected chi connectivity index (χ0v) is 16.8. The van der Waals surface area contributed by atoms with Crippen LogP contribution in [0.4, 0.5) is 0 Å². The molecule has 156 valence electrons. The SMILES string of the molecule is COc1cc(-c2cc(C(=O)O)c3c(ccc4ccccc43)n2)ccc1OC(C)C(=O)O. The van der Waals surface area contributed by atoms with Crippen molar-refractivity contribution < 1.29 is 29.3 Å². The summed E-state index contributed by atoms with van der Waals surface area (Å²) in [4.78, 5) is 27.8. The van der Waals surface area contributed by atoms with E-state index >= 15 is 0 Å². The molecular formula is C24H19NO6. The molecule has 0 spiro atoms. The number of aromatic nitrogens is 1. The van der Waals surface area contributed by atoms with Gasteiger partial charge in [0.2, 0.25) is 0 Å². The van der Waals surface area contributed by atoms with Gasteiger partial charge in [-0.05, 0) is 48.0 Å². The lowest BCUT2D eigenvalue weighted by Crippen LogP contribution is -2.23. The molecular weight excluding hydrogens is 398 g/mol. The highest BCUT2D eigenvalue weighted by molar-refractivity contribution is 6.15. The molecule has 31 heavy (non-hydrogen) atoms. The largest absolute Gasteiger partial charge is 0.493 e. The van der Waals surface area contributed by atoms with Crippen molar-refractivity contribution in [2.75, 3.05) is 7.11 Å². The van der Waals surface area contributed by atoms with Gasteiger partial charge >= 0.3 is 11.9 Å². The van der Waals surface area contributed by atoms with E-state index in [1.54, 1.807) is 24.3 Å². The number of aromatic carboxylic acids is 1. The molecule has 3 aromatic carbocycles. The lowest BCUT2D eigenvalue weighted by atomic mass is 9.98. The van der Waals surface area contributed by atoms with Gasteiger partial charge in [-0.3, -0.25) is 0 Å². The maximum absolute atomic E-state index is 12.1. The highest BCUT2D eigenvalue weighted by atomic mass is 16.5. The van der Waals surface area contributed by atoms with Crippen LogP contribution in [-0.4, -0.2) is 40.3 Å². The second kappa shape index (κ2) is 7.95. The van der Waals surface area contributed by atoms with Crippen molar-refractivity contribution >= 4 is 33.6 Å². The standard InChI is InChI=1S/C24H19NO6/c1-13(23(26)27)31-20-10-8-15(11-21(20)30-2)19-12-17(24(28)29)22-16-6-4-3-5-14(16)7-9-18(22)25-19/h3-13H,1-2H3,(H,26,27)(H,28,29). The first kappa shape index (κ1) is 20.2. The van der Waals surface area contributed by atoms with Gasteiger partial charge in [-0.15, -0.1) is 0 Å². The number of aliphatic carboxylic acids is 1. The predicted molar refractivity (Wildman–Crippen MR) is 116 cm³/mol. The van der Waals surface area contributed by atoms with Crippen molar-refractivity contribution in [3.05, 3.63) is 66.2 Å². The number of ether oxygens (including phenoxy) is 2. The van der Waals surface area contributed by atoms with E-state index in [-0.39, 0.29) is 11.3 Å². The molecule has 2 N–H and O–H groups in total. The van der Waals surface area contributed by atoms with Gasteiger partial charge in [0.25, 0.3) is 0 Å². The molecule has 0 aliphatic carbocycles. The molecule has 0 saturated carbocycles. The first-order valence-corrected chi connectivity index (χ1v) is 9.52. The minimum absolute atomic E-state index is 0.149. The zero-order valence-electron chi connectivity index (χ0n) is 16.8. The van der Waals surface area contributed by atoms with E-state index in [2.05, 4.69) is 4.98 Å². The van der Waals surface area contributed by atoms with Crippen LogP contribution in [0.1, 0.15) is 17.3 Å². The van der Waals surface area contributed by atoms with Crippen molar-refractivity contribution in [3.63, 3.8) is 0 Å². The minimum atomic E-state index is -1.10. The number of benzene rings is 3. The molecule has 4 aromatic rings. The van der Waals surface area contributed by atoms with E-state index < -0.39 is 18.0 Å². The second-order valence-electron chi connectivity index (χ2n) is 7.00. The molecule has 1 unspecified atom stereocenters. The molecule has 0 fully saturated rings. The van der Waals surface area contributed by atoms with Crippen molar-refractivity contribution in [2.45, 2.75) is 13.0 Å². The van der Waals surface area contributed by atoms with Gasteiger partial charge in [-0.1, -0.05) is 30.3 Å². The summed E-state index contributed by atoms with van der Waals surface area (Å²) < 4.78 is 10.8. The van der Waals surface area contributed by atoms with E-state index in [1.165, 1.54) is 20.1 Å². The molecule has 0 aliphatic rings. The van der Waals surface area contributed by atoms with Crippen molar-refractivity contribution in [2.24, 2.45) is 0 Å². The maximum Gasteiger partial charge on any atom is 0.344 e. The van der Waals surface area contributed by atoms with Crippen LogP contribution in [0.3, 0.4) is 0 Å². The fraction of sp³-hybridized carbons (Fsp3) is 0.125. The lowest BCUT2D eigenvalue weighted by molar-refractivity contribution is -0.144. The van der Waals surface area contributed by atoms with Gasteiger partial charge in [0.05, 0.1) is 23.9 Å². The number of hydrogen-bond acceptors (Lipinski definition) is 5. The Kier molecular flexibility index (Phi) is 5.17. The highest BCUT2D eigenvalue weighted by Gasteiger charge is 2.18. The number of nitrogens with zero attached hydrogens (tertiary/aromatic N) is 1. The number of methoxy groups -OCH3 is 1. The summed E-state index contributed by atoms with van der Waals surface area (Å²) in [5.74, 6) is -1.55. The number of pyridine rings is 1. The Balaban J connectivity index is 1.87. The number of fused-ring (bicyclic) bond motifs is 3. The van der Waals surface area contributed by atoms with E-state index in [9.17, 15) is 14.7 Å². The quantitative estimate of drug-likeness (QED) is 0.441. The molecule has 0 bridgehead atoms. The van der Waals surface area contributed by atoms with Crippen LogP contribution in [0.5, 0.6) is 11.5 Å². The topological polar surface area (TPSA) is 106 Å². The van der Waals surface area contributed by atoms with Crippen LogP contribution in [0.25, 0.3) is 32.9 Å². The summed E-state index contributed by atoms with van der Waals surface area (Å²) in [5.41, 5.74) is 1.78. The second-order valence-corrected chi connectivity index (χ2v) is 7.00. The summed E-state index contributed by atoms with van der Waals surface area (Å²) in [5, 5.41) is 21.3. The van der Waals surface area contributed by atoms with Gasteiger partial charge in [0, 0.05) is 10.9 Å². The van der Waals surface area contributed by atoms with E-state index in [0.717, 1.165) is 10.8 Å². The van der Waals surface area contributed by atoms with Crippen LogP contribution in [0, 0.1) is 0 Å². The molecule has 7 nitrogen and oxygen atoms in total. The minimum Gasteiger partial charge on any atom is -0.493 e. The summed E-state index contributed by atoms with van der Waals surface area (Å²) in [6.45, 7) is 1.42. The molecule has 0 radical (unpaired) electrons. The number of carbonyl (C=O) groups is 2. The van der Waals surface area contributed by atoms with E-state index in [1.807, 2.05) is 30.3 Å². The van der Waals surface area contributed by atoms with Crippen molar-refractivity contribution in [1.29, 1.82) is 0 Å². The summed E-state index contributed by atoms with van der Waals surface area (Å²) >= 11 is 0. The third kappa shape index (κ3) is 3.73. The maximum atomic E-state index is 12.1. The van der Waals surface area contributed by atoms with Gasteiger partial charge in [-0.2, -0.15) is 0 Å². The van der Waals surface area contributed by atoms with Crippen molar-refractivity contribution in [1.82, 2.24) is 4.98 Å². The van der Waals surface area contributed by atoms with Gasteiger partial charge < -0.3 is 19.7 Å². The molecule has 0 amide bonds. The third-order valence-electron chi connectivity index (χ3n) is 5.04. The van der Waals surface area contributed by atoms with E-state index in [0.29, 0.717) is 27.9 Å². The fourth-order valence-corrected chi connectivity index (χ4v) is 3.49. The molecule has 7 heteroatoms. The first-order valence-electron chi connectivity index (χ1n) is 9.52. The Bertz CT molecular complexity index is 1330. The van der Waals surface area contributed by atoms with Crippen LogP contribution in [-0.2, 0) is 4.79 Å². The fourth-order valence-electron chi connectivity index (χ4n) is 3.49. The average Bonchev–Trinajstić information content (AvgIpc) is 2.78. The highest BCUT2D eigenvalue weighted by Crippen LogP contribution is 2.35. The Morgan fingerprint density at radius 2 is 1.74 bits per heavy atom. The number of carboxylic acids is 2. The Hall–Kier alpha value is -4.13. The smallest absolute Gasteiger partial charge is 0.344 e. The zero-order chi connectivity index (χ0) is 22.1. The molecule has 1 aromatic heterocycles. The van der Waals surface area contributed by atoms with E-state index in [4.69, 9.17) is 14.6 Å². The average molecular weight is 417 g/mol. The molecule has 0 aliphatic heterocycles. The Labute approximate surface area is 177 Å². The summed E-state index contributed by atoms with van der Waals surface area (Å²) in [6.07, 6.45) is -1.05. The van der Waals surface area contributed by atoms with Crippen LogP contribution in [0.15, 0.2) is 60.7 Å². The van der Waals surface area contributed by atoms with Crippen LogP contribution in [0.2, 0.25) is 0 Å². The Morgan fingerprint density at radius 3 is 2.45 bits per heavy atom. The third-order valence-corrected chi connectivity index (χ3v) is 5.04. The summed E-state index contributed by atoms with van der Waals surface area (Å²) in [6, 6.07) is 17.7. The van der Waals surface area contributed by atoms with Gasteiger partial charge in [0.1, 0.15) is 0 Å². The number of rotatable bonds is 6. The molecule has 1 atom stereocenters. The van der Waals surface area contributed by atoms with Crippen LogP contribution >= 0.6 is 0 Å². The lowest BCUT2D eigenvalue weighted by Gasteiger charge is -2.15. The number of carboxylic acid groups (broad SMARTS) is 2. The van der Waals surface area contributed by atoms with Gasteiger partial charge in [0.15, 0.2) is 17.6 Å². The van der Waals surface area contributed by atoms with Crippen molar-refractivity contribution in [3.8, 4) is 22.8 Å². The predicted octanol–water partition coefficient (Wildman–Crippen LogP) is 4.61. The Morgan fingerprint density at radius 1 is 0.968 bits per heavy atom. The van der Waals surface area contributed by atoms with Crippen LogP contribution < -0.4 is 9.47 Å². The normalized spacial score (nSPS) is 11.9. The molecule has 4 rings (SSSR count). The summed E-state index contributed by atoms with van der Waals surface area (Å²) in [7, 11) is 1.44.